The van der Waals surface area contributed by atoms with Crippen LogP contribution >= 0.6 is 0 Å². The zero-order valence-corrected chi connectivity index (χ0v) is 7.90. The van der Waals surface area contributed by atoms with Crippen molar-refractivity contribution in [3.63, 3.8) is 0 Å². The lowest BCUT2D eigenvalue weighted by Crippen LogP contribution is -2.05. The van der Waals surface area contributed by atoms with Crippen molar-refractivity contribution in [2.75, 3.05) is 0 Å². The first-order chi connectivity index (χ1) is 6.37. The molecule has 0 saturated carbocycles. The largest absolute Gasteiger partial charge is 0.494 e. The van der Waals surface area contributed by atoms with E-state index in [2.05, 4.69) is 6.58 Å². The quantitative estimate of drug-likeness (QED) is 0.619. The van der Waals surface area contributed by atoms with Crippen LogP contribution in [0.25, 0.3) is 5.70 Å². The van der Waals surface area contributed by atoms with Gasteiger partial charge in [-0.2, -0.15) is 0 Å². The number of hydrogen-bond acceptors (Lipinski definition) is 3. The van der Waals surface area contributed by atoms with E-state index in [9.17, 15) is 15.0 Å². The van der Waals surface area contributed by atoms with Crippen LogP contribution < -0.4 is 0 Å². The highest BCUT2D eigenvalue weighted by molar-refractivity contribution is 6.08. The summed E-state index contributed by atoms with van der Waals surface area (Å²) in [5.74, 6) is -1.90. The van der Waals surface area contributed by atoms with Gasteiger partial charge in [-0.15, -0.1) is 0 Å². The lowest BCUT2D eigenvalue weighted by atomic mass is 10.2. The number of carboxylic acid groups (broad SMARTS) is 1. The van der Waals surface area contributed by atoms with Gasteiger partial charge in [-0.05, 0) is 13.8 Å². The number of nitrogens with zero attached hydrogens (tertiary/aromatic N) is 1. The standard InChI is InChI=1S/C9H11NO4/c1-4-5(2)8(12)10(7(4)11)6(3)9(13)14/h11-12H,3H2,1-2H3,(H,13,14). The summed E-state index contributed by atoms with van der Waals surface area (Å²) in [6.45, 7) is 6.40. The van der Waals surface area contributed by atoms with Crippen LogP contribution in [-0.4, -0.2) is 25.9 Å². The van der Waals surface area contributed by atoms with Gasteiger partial charge >= 0.3 is 5.97 Å². The Labute approximate surface area is 80.5 Å². The van der Waals surface area contributed by atoms with Crippen LogP contribution in [0.4, 0.5) is 0 Å². The summed E-state index contributed by atoms with van der Waals surface area (Å²) in [5.41, 5.74) is 0.478. The summed E-state index contributed by atoms with van der Waals surface area (Å²) in [5, 5.41) is 27.6. The molecule has 0 aromatic carbocycles. The molecule has 0 atom stereocenters. The van der Waals surface area contributed by atoms with Crippen LogP contribution in [0.15, 0.2) is 6.58 Å². The Kier molecular flexibility index (Phi) is 2.25. The maximum atomic E-state index is 10.6. The number of aromatic nitrogens is 1. The summed E-state index contributed by atoms with van der Waals surface area (Å²) >= 11 is 0. The van der Waals surface area contributed by atoms with Gasteiger partial charge in [-0.25, -0.2) is 9.36 Å². The van der Waals surface area contributed by atoms with E-state index >= 15 is 0 Å². The minimum absolute atomic E-state index is 0.299. The minimum atomic E-state index is -1.30. The molecular formula is C9H11NO4. The highest BCUT2D eigenvalue weighted by Gasteiger charge is 2.20. The zero-order valence-electron chi connectivity index (χ0n) is 7.90. The Morgan fingerprint density at radius 3 is 1.86 bits per heavy atom. The fourth-order valence-corrected chi connectivity index (χ4v) is 1.12. The molecule has 0 unspecified atom stereocenters. The predicted molar refractivity (Wildman–Crippen MR) is 50.2 cm³/mol. The van der Waals surface area contributed by atoms with Gasteiger partial charge in [0.2, 0.25) is 11.8 Å². The highest BCUT2D eigenvalue weighted by Crippen LogP contribution is 2.34. The molecule has 5 nitrogen and oxygen atoms in total. The lowest BCUT2D eigenvalue weighted by molar-refractivity contribution is -0.130. The van der Waals surface area contributed by atoms with Crippen molar-refractivity contribution in [1.29, 1.82) is 0 Å². The van der Waals surface area contributed by atoms with E-state index in [1.807, 2.05) is 0 Å². The first-order valence-corrected chi connectivity index (χ1v) is 3.90. The van der Waals surface area contributed by atoms with Crippen LogP contribution in [0.5, 0.6) is 11.8 Å². The number of carbonyl (C=O) groups is 1. The third kappa shape index (κ3) is 1.22. The molecule has 76 valence electrons. The Balaban J connectivity index is 3.43. The normalized spacial score (nSPS) is 10.1. The third-order valence-corrected chi connectivity index (χ3v) is 2.17. The topological polar surface area (TPSA) is 82.7 Å². The zero-order chi connectivity index (χ0) is 11.0. The van der Waals surface area contributed by atoms with Gasteiger partial charge in [0.1, 0.15) is 5.70 Å². The number of aliphatic carboxylic acids is 1. The second-order valence-corrected chi connectivity index (χ2v) is 2.98. The second kappa shape index (κ2) is 3.10. The fourth-order valence-electron chi connectivity index (χ4n) is 1.12. The Morgan fingerprint density at radius 2 is 1.57 bits per heavy atom. The number of hydrogen-bond donors (Lipinski definition) is 3. The van der Waals surface area contributed by atoms with Gasteiger partial charge < -0.3 is 15.3 Å². The second-order valence-electron chi connectivity index (χ2n) is 2.98. The Bertz CT molecular complexity index is 391. The van der Waals surface area contributed by atoms with Crippen LogP contribution in [0.2, 0.25) is 0 Å². The molecule has 14 heavy (non-hydrogen) atoms. The maximum absolute atomic E-state index is 10.6. The summed E-state index contributed by atoms with van der Waals surface area (Å²) in [6, 6.07) is 0. The molecule has 0 amide bonds. The molecule has 0 aliphatic rings. The number of aromatic hydroxyl groups is 2. The molecule has 0 radical (unpaired) electrons. The van der Waals surface area contributed by atoms with Gasteiger partial charge in [-0.1, -0.05) is 6.58 Å². The lowest BCUT2D eigenvalue weighted by Gasteiger charge is -2.05. The van der Waals surface area contributed by atoms with Crippen molar-refractivity contribution >= 4 is 11.7 Å². The SMILES string of the molecule is C=C(C(=O)O)n1c(O)c(C)c(C)c1O. The minimum Gasteiger partial charge on any atom is -0.494 e. The molecule has 1 rings (SSSR count). The first kappa shape index (κ1) is 10.2. The van der Waals surface area contributed by atoms with Gasteiger partial charge in [-0.3, -0.25) is 0 Å². The molecule has 3 N–H and O–H groups in total. The van der Waals surface area contributed by atoms with Crippen LogP contribution in [0, 0.1) is 13.8 Å². The van der Waals surface area contributed by atoms with E-state index in [1.165, 1.54) is 0 Å². The molecular weight excluding hydrogens is 186 g/mol. The third-order valence-electron chi connectivity index (χ3n) is 2.17. The van der Waals surface area contributed by atoms with Crippen molar-refractivity contribution in [2.45, 2.75) is 13.8 Å². The van der Waals surface area contributed by atoms with Crippen LogP contribution in [0.3, 0.4) is 0 Å². The number of rotatable bonds is 2. The van der Waals surface area contributed by atoms with Crippen molar-refractivity contribution in [3.8, 4) is 11.8 Å². The predicted octanol–water partition coefficient (Wildman–Crippen LogP) is 1.07. The van der Waals surface area contributed by atoms with E-state index < -0.39 is 11.7 Å². The molecule has 5 heteroatoms. The van der Waals surface area contributed by atoms with E-state index in [0.717, 1.165) is 4.57 Å². The molecule has 1 aromatic rings. The Morgan fingerprint density at radius 1 is 1.21 bits per heavy atom. The molecule has 0 fully saturated rings. The molecule has 0 saturated heterocycles. The summed E-state index contributed by atoms with van der Waals surface area (Å²) in [6.07, 6.45) is 0. The smallest absolute Gasteiger partial charge is 0.352 e. The molecule has 0 aliphatic heterocycles. The summed E-state index contributed by atoms with van der Waals surface area (Å²) < 4.78 is 0.799. The van der Waals surface area contributed by atoms with Gasteiger partial charge in [0.15, 0.2) is 0 Å². The molecule has 0 bridgehead atoms. The molecule has 1 aromatic heterocycles. The van der Waals surface area contributed by atoms with Crippen LogP contribution in [0.1, 0.15) is 11.1 Å². The average molecular weight is 197 g/mol. The van der Waals surface area contributed by atoms with Crippen molar-refractivity contribution in [3.05, 3.63) is 17.7 Å². The molecule has 0 spiro atoms. The summed E-state index contributed by atoms with van der Waals surface area (Å²) in [7, 11) is 0. The Hall–Kier alpha value is -1.91. The van der Waals surface area contributed by atoms with Crippen molar-refractivity contribution in [2.24, 2.45) is 0 Å². The van der Waals surface area contributed by atoms with E-state index in [0.29, 0.717) is 11.1 Å². The molecule has 0 aliphatic carbocycles. The molecule has 1 heterocycles. The highest BCUT2D eigenvalue weighted by atomic mass is 16.4. The van der Waals surface area contributed by atoms with E-state index in [4.69, 9.17) is 5.11 Å². The fraction of sp³-hybridized carbons (Fsp3) is 0.222. The maximum Gasteiger partial charge on any atom is 0.352 e. The van der Waals surface area contributed by atoms with Gasteiger partial charge in [0.05, 0.1) is 0 Å². The van der Waals surface area contributed by atoms with Gasteiger partial charge in [0, 0.05) is 11.1 Å². The first-order valence-electron chi connectivity index (χ1n) is 3.90. The average Bonchev–Trinajstić information content (AvgIpc) is 2.30. The van der Waals surface area contributed by atoms with E-state index in [1.54, 1.807) is 13.8 Å². The van der Waals surface area contributed by atoms with Crippen molar-refractivity contribution < 1.29 is 20.1 Å². The summed E-state index contributed by atoms with van der Waals surface area (Å²) in [4.78, 5) is 10.6. The monoisotopic (exact) mass is 197 g/mol. The van der Waals surface area contributed by atoms with Crippen molar-refractivity contribution in [1.82, 2.24) is 4.57 Å². The van der Waals surface area contributed by atoms with E-state index in [-0.39, 0.29) is 11.8 Å². The van der Waals surface area contributed by atoms with Gasteiger partial charge in [0.25, 0.3) is 0 Å². The van der Waals surface area contributed by atoms with Crippen LogP contribution in [-0.2, 0) is 4.79 Å². The number of carboxylic acids is 1.